The van der Waals surface area contributed by atoms with Crippen molar-refractivity contribution < 1.29 is 0 Å². The molecule has 12 heavy (non-hydrogen) atoms. The summed E-state index contributed by atoms with van der Waals surface area (Å²) in [6.07, 6.45) is 11.0. The molecule has 4 aliphatic carbocycles. The molecule has 68 valence electrons. The molecule has 0 aromatic heterocycles. The Morgan fingerprint density at radius 3 is 2.92 bits per heavy atom. The molecule has 4 atom stereocenters. The fourth-order valence-corrected chi connectivity index (χ4v) is 4.43. The van der Waals surface area contributed by atoms with Crippen LogP contribution in [0, 0.1) is 23.2 Å². The predicted octanol–water partition coefficient (Wildman–Crippen LogP) is 3.61. The summed E-state index contributed by atoms with van der Waals surface area (Å²) in [5.74, 6) is 3.39. The Morgan fingerprint density at radius 1 is 1.17 bits per heavy atom. The molecular weight excluding hydrogens is 144 g/mol. The van der Waals surface area contributed by atoms with Crippen LogP contribution in [-0.4, -0.2) is 0 Å². The van der Waals surface area contributed by atoms with Gasteiger partial charge in [0, 0.05) is 0 Å². The minimum absolute atomic E-state index is 0.898. The summed E-state index contributed by atoms with van der Waals surface area (Å²) < 4.78 is 0. The zero-order valence-corrected chi connectivity index (χ0v) is 8.18. The average Bonchev–Trinajstić information content (AvgIpc) is 2.55. The average molecular weight is 164 g/mol. The van der Waals surface area contributed by atoms with Crippen molar-refractivity contribution in [3.63, 3.8) is 0 Å². The number of rotatable bonds is 0. The van der Waals surface area contributed by atoms with E-state index in [4.69, 9.17) is 0 Å². The van der Waals surface area contributed by atoms with Crippen molar-refractivity contribution in [2.45, 2.75) is 51.9 Å². The first-order valence-corrected chi connectivity index (χ1v) is 5.80. The van der Waals surface area contributed by atoms with Gasteiger partial charge in [0.15, 0.2) is 0 Å². The minimum Gasteiger partial charge on any atom is -0.0625 e. The van der Waals surface area contributed by atoms with Crippen LogP contribution in [0.3, 0.4) is 0 Å². The standard InChI is InChI=1S/C12H20/c1-9-3-2-5-12-6-4-10(8-12)11(12)7-9/h9-11H,2-8H2,1H3. The third-order valence-electron chi connectivity index (χ3n) is 5.07. The van der Waals surface area contributed by atoms with Gasteiger partial charge in [-0.2, -0.15) is 0 Å². The summed E-state index contributed by atoms with van der Waals surface area (Å²) in [7, 11) is 0. The monoisotopic (exact) mass is 164 g/mol. The van der Waals surface area contributed by atoms with Gasteiger partial charge in [-0.1, -0.05) is 19.8 Å². The minimum atomic E-state index is 0.898. The highest BCUT2D eigenvalue weighted by Crippen LogP contribution is 2.68. The summed E-state index contributed by atoms with van der Waals surface area (Å²) in [6.45, 7) is 2.47. The van der Waals surface area contributed by atoms with Crippen LogP contribution in [-0.2, 0) is 0 Å². The SMILES string of the molecule is CC1CCCC23CCC(C2)C3C1. The molecule has 0 heteroatoms. The Kier molecular flexibility index (Phi) is 1.40. The highest BCUT2D eigenvalue weighted by molar-refractivity contribution is 5.08. The Labute approximate surface area is 75.7 Å². The molecule has 4 rings (SSSR count). The topological polar surface area (TPSA) is 0 Å². The zero-order chi connectivity index (χ0) is 8.18. The van der Waals surface area contributed by atoms with E-state index in [1.54, 1.807) is 32.1 Å². The van der Waals surface area contributed by atoms with E-state index in [1.165, 1.54) is 24.7 Å². The molecule has 0 saturated heterocycles. The van der Waals surface area contributed by atoms with Crippen LogP contribution in [0.2, 0.25) is 0 Å². The van der Waals surface area contributed by atoms with Crippen LogP contribution in [0.1, 0.15) is 51.9 Å². The smallest absolute Gasteiger partial charge is 0.0264 e. The third-order valence-corrected chi connectivity index (χ3v) is 5.07. The fourth-order valence-electron chi connectivity index (χ4n) is 4.43. The first-order valence-electron chi connectivity index (χ1n) is 5.80. The van der Waals surface area contributed by atoms with Crippen molar-refractivity contribution in [3.8, 4) is 0 Å². The fraction of sp³-hybridized carbons (Fsp3) is 1.00. The lowest BCUT2D eigenvalue weighted by Crippen LogP contribution is -2.39. The van der Waals surface area contributed by atoms with Crippen LogP contribution in [0.25, 0.3) is 0 Å². The number of hydrogen-bond donors (Lipinski definition) is 0. The van der Waals surface area contributed by atoms with E-state index in [2.05, 4.69) is 6.92 Å². The molecule has 0 amide bonds. The van der Waals surface area contributed by atoms with Gasteiger partial charge in [0.2, 0.25) is 0 Å². The molecule has 0 aromatic carbocycles. The van der Waals surface area contributed by atoms with Crippen LogP contribution in [0.15, 0.2) is 0 Å². The lowest BCUT2D eigenvalue weighted by Gasteiger charge is -2.47. The Morgan fingerprint density at radius 2 is 2.08 bits per heavy atom. The van der Waals surface area contributed by atoms with Crippen molar-refractivity contribution in [1.29, 1.82) is 0 Å². The molecule has 4 unspecified atom stereocenters. The lowest BCUT2D eigenvalue weighted by molar-refractivity contribution is 0.0187. The third kappa shape index (κ3) is 0.791. The van der Waals surface area contributed by atoms with Crippen molar-refractivity contribution in [1.82, 2.24) is 0 Å². The van der Waals surface area contributed by atoms with Gasteiger partial charge >= 0.3 is 0 Å². The van der Waals surface area contributed by atoms with Crippen molar-refractivity contribution in [2.75, 3.05) is 0 Å². The maximum absolute atomic E-state index is 2.47. The summed E-state index contributed by atoms with van der Waals surface area (Å²) >= 11 is 0. The second-order valence-corrected chi connectivity index (χ2v) is 5.70. The first-order chi connectivity index (χ1) is 5.80. The van der Waals surface area contributed by atoms with Crippen LogP contribution in [0.5, 0.6) is 0 Å². The molecule has 0 N–H and O–H groups in total. The van der Waals surface area contributed by atoms with Crippen LogP contribution in [0.4, 0.5) is 0 Å². The largest absolute Gasteiger partial charge is 0.0625 e. The quantitative estimate of drug-likeness (QED) is 0.513. The lowest BCUT2D eigenvalue weighted by atomic mass is 9.57. The maximum Gasteiger partial charge on any atom is -0.0264 e. The Hall–Kier alpha value is 0. The molecule has 4 fully saturated rings. The van der Waals surface area contributed by atoms with Gasteiger partial charge in [0.25, 0.3) is 0 Å². The number of fused-ring (bicyclic) bond motifs is 1. The molecule has 0 heterocycles. The molecule has 4 saturated carbocycles. The van der Waals surface area contributed by atoms with Gasteiger partial charge in [-0.15, -0.1) is 0 Å². The van der Waals surface area contributed by atoms with Crippen LogP contribution < -0.4 is 0 Å². The van der Waals surface area contributed by atoms with Crippen molar-refractivity contribution >= 4 is 0 Å². The van der Waals surface area contributed by atoms with Gasteiger partial charge in [-0.25, -0.2) is 0 Å². The predicted molar refractivity (Wildman–Crippen MR) is 50.9 cm³/mol. The van der Waals surface area contributed by atoms with E-state index in [0.29, 0.717) is 0 Å². The van der Waals surface area contributed by atoms with Crippen molar-refractivity contribution in [3.05, 3.63) is 0 Å². The highest BCUT2D eigenvalue weighted by Gasteiger charge is 2.58. The highest BCUT2D eigenvalue weighted by atomic mass is 14.6. The summed E-state index contributed by atoms with van der Waals surface area (Å²) in [6, 6.07) is 0. The molecular formula is C12H20. The maximum atomic E-state index is 2.47. The second-order valence-electron chi connectivity index (χ2n) is 5.70. The van der Waals surface area contributed by atoms with E-state index < -0.39 is 0 Å². The van der Waals surface area contributed by atoms with E-state index in [0.717, 1.165) is 11.3 Å². The van der Waals surface area contributed by atoms with E-state index >= 15 is 0 Å². The summed E-state index contributed by atoms with van der Waals surface area (Å²) in [5.41, 5.74) is 0.898. The summed E-state index contributed by atoms with van der Waals surface area (Å²) in [5, 5.41) is 0. The van der Waals surface area contributed by atoms with Gasteiger partial charge in [-0.05, 0) is 55.3 Å². The van der Waals surface area contributed by atoms with Crippen molar-refractivity contribution in [2.24, 2.45) is 23.2 Å². The van der Waals surface area contributed by atoms with Crippen LogP contribution >= 0.6 is 0 Å². The molecule has 4 aliphatic rings. The molecule has 0 aromatic rings. The zero-order valence-electron chi connectivity index (χ0n) is 8.18. The van der Waals surface area contributed by atoms with Gasteiger partial charge in [-0.3, -0.25) is 0 Å². The molecule has 0 aliphatic heterocycles. The molecule has 0 nitrogen and oxygen atoms in total. The molecule has 2 bridgehead atoms. The Balaban J connectivity index is 1.84. The Bertz CT molecular complexity index is 192. The first kappa shape index (κ1) is 7.41. The van der Waals surface area contributed by atoms with E-state index in [1.807, 2.05) is 0 Å². The van der Waals surface area contributed by atoms with Gasteiger partial charge in [0.1, 0.15) is 0 Å². The number of hydrogen-bond acceptors (Lipinski definition) is 0. The normalized spacial score (nSPS) is 57.2. The molecule has 1 spiro atoms. The summed E-state index contributed by atoms with van der Waals surface area (Å²) in [4.78, 5) is 0. The van der Waals surface area contributed by atoms with E-state index in [-0.39, 0.29) is 0 Å². The van der Waals surface area contributed by atoms with E-state index in [9.17, 15) is 0 Å². The van der Waals surface area contributed by atoms with Gasteiger partial charge < -0.3 is 0 Å². The van der Waals surface area contributed by atoms with Gasteiger partial charge in [0.05, 0.1) is 0 Å². The second kappa shape index (κ2) is 2.27. The molecule has 0 radical (unpaired) electrons.